The van der Waals surface area contributed by atoms with Crippen molar-refractivity contribution in [2.45, 2.75) is 46.1 Å². The molecule has 4 nitrogen and oxygen atoms in total. The Morgan fingerprint density at radius 1 is 1.26 bits per heavy atom. The molecule has 0 spiro atoms. The summed E-state index contributed by atoms with van der Waals surface area (Å²) >= 11 is 0. The van der Waals surface area contributed by atoms with Crippen LogP contribution in [-0.2, 0) is 19.1 Å². The van der Waals surface area contributed by atoms with Crippen LogP contribution in [0, 0.1) is 22.7 Å². The number of hydrogen-bond acceptors (Lipinski definition) is 4. The molecule has 4 unspecified atom stereocenters. The summed E-state index contributed by atoms with van der Waals surface area (Å²) in [7, 11) is 0. The molecular weight excluding hydrogens is 244 g/mol. The smallest absolute Gasteiger partial charge is 0.172 e. The van der Waals surface area contributed by atoms with Crippen molar-refractivity contribution >= 4 is 17.3 Å². The number of rotatable bonds is 3. The van der Waals surface area contributed by atoms with Crippen molar-refractivity contribution < 1.29 is 19.1 Å². The first-order valence-corrected chi connectivity index (χ1v) is 6.91. The fourth-order valence-electron chi connectivity index (χ4n) is 5.07. The van der Waals surface area contributed by atoms with Crippen molar-refractivity contribution in [2.75, 3.05) is 6.61 Å². The Balaban J connectivity index is 2.19. The van der Waals surface area contributed by atoms with E-state index in [9.17, 15) is 14.4 Å². The average molecular weight is 264 g/mol. The Kier molecular flexibility index (Phi) is 2.28. The van der Waals surface area contributed by atoms with Gasteiger partial charge in [-0.3, -0.25) is 14.4 Å². The number of ketones is 3. The topological polar surface area (TPSA) is 60.4 Å². The minimum absolute atomic E-state index is 0.00954. The highest BCUT2D eigenvalue weighted by molar-refractivity contribution is 6.11. The minimum Gasteiger partial charge on any atom is -0.365 e. The molecule has 4 atom stereocenters. The van der Waals surface area contributed by atoms with Crippen molar-refractivity contribution in [3.63, 3.8) is 0 Å². The van der Waals surface area contributed by atoms with Gasteiger partial charge in [-0.1, -0.05) is 13.8 Å². The van der Waals surface area contributed by atoms with E-state index in [1.165, 1.54) is 13.8 Å². The van der Waals surface area contributed by atoms with Gasteiger partial charge >= 0.3 is 0 Å². The molecule has 1 aliphatic heterocycles. The second-order valence-corrected chi connectivity index (χ2v) is 6.91. The number of Topliss-reactive ketones (excluding diaryl/α,β-unsaturated/α-hetero) is 3. The van der Waals surface area contributed by atoms with Crippen LogP contribution in [0.25, 0.3) is 0 Å². The molecule has 104 valence electrons. The molecule has 0 N–H and O–H groups in total. The fraction of sp³-hybridized carbons (Fsp3) is 0.800. The van der Waals surface area contributed by atoms with Crippen molar-refractivity contribution in [2.24, 2.45) is 22.7 Å². The van der Waals surface area contributed by atoms with Gasteiger partial charge in [0.1, 0.15) is 23.1 Å². The molecule has 2 aliphatic carbocycles. The summed E-state index contributed by atoms with van der Waals surface area (Å²) < 4.78 is 5.85. The summed E-state index contributed by atoms with van der Waals surface area (Å²) in [6.45, 7) is 7.32. The molecule has 0 aromatic heterocycles. The van der Waals surface area contributed by atoms with E-state index in [0.29, 0.717) is 6.61 Å². The van der Waals surface area contributed by atoms with Crippen LogP contribution in [0.2, 0.25) is 0 Å². The summed E-state index contributed by atoms with van der Waals surface area (Å²) in [6.07, 6.45) is 1.72. The number of ether oxygens (including phenoxy) is 1. The van der Waals surface area contributed by atoms with Gasteiger partial charge in [-0.15, -0.1) is 0 Å². The molecule has 0 radical (unpaired) electrons. The van der Waals surface area contributed by atoms with E-state index in [4.69, 9.17) is 4.74 Å². The Morgan fingerprint density at radius 3 is 2.26 bits per heavy atom. The van der Waals surface area contributed by atoms with E-state index in [1.54, 1.807) is 0 Å². The van der Waals surface area contributed by atoms with Crippen LogP contribution in [0.3, 0.4) is 0 Å². The second kappa shape index (κ2) is 3.35. The van der Waals surface area contributed by atoms with Crippen LogP contribution in [0.1, 0.15) is 40.5 Å². The predicted molar refractivity (Wildman–Crippen MR) is 67.5 cm³/mol. The molecule has 1 saturated heterocycles. The Bertz CT molecular complexity index is 496. The SMILES string of the molecule is CC(=O)C(C(C)=O)C12OCC3(C)C1CCC3(C)C2=O. The van der Waals surface area contributed by atoms with Crippen molar-refractivity contribution in [1.82, 2.24) is 0 Å². The lowest BCUT2D eigenvalue weighted by Gasteiger charge is -2.42. The van der Waals surface area contributed by atoms with Gasteiger partial charge < -0.3 is 4.74 Å². The Hall–Kier alpha value is -1.03. The molecule has 0 aromatic carbocycles. The van der Waals surface area contributed by atoms with E-state index >= 15 is 0 Å². The first-order valence-electron chi connectivity index (χ1n) is 6.91. The summed E-state index contributed by atoms with van der Waals surface area (Å²) in [6, 6.07) is 0. The van der Waals surface area contributed by atoms with Crippen LogP contribution in [0.5, 0.6) is 0 Å². The third kappa shape index (κ3) is 1.09. The summed E-state index contributed by atoms with van der Waals surface area (Å²) in [5.74, 6) is -1.42. The van der Waals surface area contributed by atoms with Crippen LogP contribution in [0.4, 0.5) is 0 Å². The second-order valence-electron chi connectivity index (χ2n) is 6.91. The van der Waals surface area contributed by atoms with Gasteiger partial charge in [-0.2, -0.15) is 0 Å². The largest absolute Gasteiger partial charge is 0.365 e. The van der Waals surface area contributed by atoms with Gasteiger partial charge in [-0.25, -0.2) is 0 Å². The monoisotopic (exact) mass is 264 g/mol. The van der Waals surface area contributed by atoms with E-state index < -0.39 is 16.9 Å². The van der Waals surface area contributed by atoms with Crippen molar-refractivity contribution in [1.29, 1.82) is 0 Å². The highest BCUT2D eigenvalue weighted by Crippen LogP contribution is 2.73. The standard InChI is InChI=1S/C15H20O4/c1-8(16)11(9(2)17)15-10-5-6-13(3,12(15)18)14(10,4)7-19-15/h10-11H,5-7H2,1-4H3. The third-order valence-electron chi connectivity index (χ3n) is 6.19. The molecule has 4 bridgehead atoms. The molecule has 2 saturated carbocycles. The van der Waals surface area contributed by atoms with Gasteiger partial charge in [0.15, 0.2) is 5.78 Å². The fourth-order valence-corrected chi connectivity index (χ4v) is 5.07. The number of hydrogen-bond donors (Lipinski definition) is 0. The molecular formula is C15H20O4. The highest BCUT2D eigenvalue weighted by atomic mass is 16.5. The number of carbonyl (C=O) groups excluding carboxylic acids is 3. The molecule has 1 heterocycles. The molecule has 4 heteroatoms. The maximum atomic E-state index is 12.9. The minimum atomic E-state index is -1.17. The normalized spacial score (nSPS) is 47.2. The maximum absolute atomic E-state index is 12.9. The summed E-state index contributed by atoms with van der Waals surface area (Å²) in [5.41, 5.74) is -1.81. The average Bonchev–Trinajstić information content (AvgIpc) is 2.77. The lowest BCUT2D eigenvalue weighted by atomic mass is 9.67. The lowest BCUT2D eigenvalue weighted by molar-refractivity contribution is -0.174. The maximum Gasteiger partial charge on any atom is 0.172 e. The van der Waals surface area contributed by atoms with E-state index in [1.807, 2.05) is 6.92 Å². The van der Waals surface area contributed by atoms with Crippen LogP contribution < -0.4 is 0 Å². The summed E-state index contributed by atoms with van der Waals surface area (Å²) in [4.78, 5) is 36.8. The number of carbonyl (C=O) groups is 3. The van der Waals surface area contributed by atoms with Crippen LogP contribution in [-0.4, -0.2) is 29.6 Å². The van der Waals surface area contributed by atoms with E-state index in [-0.39, 0.29) is 28.7 Å². The highest BCUT2D eigenvalue weighted by Gasteiger charge is 2.82. The first-order chi connectivity index (χ1) is 8.72. The van der Waals surface area contributed by atoms with E-state index in [2.05, 4.69) is 6.92 Å². The van der Waals surface area contributed by atoms with Crippen LogP contribution in [0.15, 0.2) is 0 Å². The molecule has 3 fully saturated rings. The van der Waals surface area contributed by atoms with Gasteiger partial charge in [0.05, 0.1) is 6.61 Å². The third-order valence-corrected chi connectivity index (χ3v) is 6.19. The molecule has 3 aliphatic rings. The van der Waals surface area contributed by atoms with Crippen LogP contribution >= 0.6 is 0 Å². The zero-order valence-electron chi connectivity index (χ0n) is 11.9. The Morgan fingerprint density at radius 2 is 1.84 bits per heavy atom. The zero-order chi connectivity index (χ0) is 14.2. The van der Waals surface area contributed by atoms with Crippen molar-refractivity contribution in [3.05, 3.63) is 0 Å². The molecule has 19 heavy (non-hydrogen) atoms. The quantitative estimate of drug-likeness (QED) is 0.726. The molecule has 3 rings (SSSR count). The van der Waals surface area contributed by atoms with Gasteiger partial charge in [0.25, 0.3) is 0 Å². The lowest BCUT2D eigenvalue weighted by Crippen LogP contribution is -2.58. The predicted octanol–water partition coefficient (Wildman–Crippen LogP) is 1.55. The molecule has 0 amide bonds. The first kappa shape index (κ1) is 13.0. The Labute approximate surface area is 112 Å². The summed E-state index contributed by atoms with van der Waals surface area (Å²) in [5, 5.41) is 0. The molecule has 0 aromatic rings. The van der Waals surface area contributed by atoms with Crippen molar-refractivity contribution in [3.8, 4) is 0 Å². The van der Waals surface area contributed by atoms with Gasteiger partial charge in [0, 0.05) is 16.7 Å². The zero-order valence-corrected chi connectivity index (χ0v) is 11.9. The van der Waals surface area contributed by atoms with E-state index in [0.717, 1.165) is 12.8 Å². The van der Waals surface area contributed by atoms with Gasteiger partial charge in [0.2, 0.25) is 0 Å². The van der Waals surface area contributed by atoms with Gasteiger partial charge in [-0.05, 0) is 26.7 Å².